The van der Waals surface area contributed by atoms with Gasteiger partial charge in [0.25, 0.3) is 0 Å². The molecule has 6 heteroatoms. The van der Waals surface area contributed by atoms with Crippen LogP contribution in [0.5, 0.6) is 0 Å². The Morgan fingerprint density at radius 3 is 2.24 bits per heavy atom. The van der Waals surface area contributed by atoms with Gasteiger partial charge in [0.15, 0.2) is 5.16 Å². The Morgan fingerprint density at radius 1 is 1.19 bits per heavy atom. The van der Waals surface area contributed by atoms with Crippen LogP contribution in [0.15, 0.2) is 5.16 Å². The largest absolute Gasteiger partial charge is 0.372 e. The maximum atomic E-state index is 12.3. The molecule has 0 bridgehead atoms. The first-order valence-corrected chi connectivity index (χ1v) is 8.23. The molecule has 2 rings (SSSR count). The molecule has 2 atom stereocenters. The molecular formula is C15H23N3O2S. The third-order valence-corrected chi connectivity index (χ3v) is 4.54. The van der Waals surface area contributed by atoms with Gasteiger partial charge in [0.05, 0.1) is 18.0 Å². The van der Waals surface area contributed by atoms with E-state index in [0.29, 0.717) is 24.0 Å². The summed E-state index contributed by atoms with van der Waals surface area (Å²) in [4.78, 5) is 23.0. The number of rotatable bonds is 3. The van der Waals surface area contributed by atoms with Crippen molar-refractivity contribution in [1.29, 1.82) is 0 Å². The fourth-order valence-corrected chi connectivity index (χ4v) is 3.24. The van der Waals surface area contributed by atoms with Gasteiger partial charge >= 0.3 is 0 Å². The number of ether oxygens (including phenoxy) is 1. The van der Waals surface area contributed by atoms with Crippen molar-refractivity contribution in [1.82, 2.24) is 14.9 Å². The molecule has 1 aromatic heterocycles. The minimum Gasteiger partial charge on any atom is -0.372 e. The average Bonchev–Trinajstić information content (AvgIpc) is 2.40. The molecule has 0 aromatic carbocycles. The molecule has 1 aromatic rings. The van der Waals surface area contributed by atoms with Gasteiger partial charge in [-0.3, -0.25) is 4.79 Å². The zero-order chi connectivity index (χ0) is 15.6. The predicted octanol–water partition coefficient (Wildman–Crippen LogP) is 2.13. The second-order valence-electron chi connectivity index (χ2n) is 5.65. The van der Waals surface area contributed by atoms with Crippen LogP contribution < -0.4 is 0 Å². The molecule has 0 saturated carbocycles. The summed E-state index contributed by atoms with van der Waals surface area (Å²) in [6, 6.07) is 0. The third-order valence-electron chi connectivity index (χ3n) is 3.71. The van der Waals surface area contributed by atoms with E-state index in [4.69, 9.17) is 4.74 Å². The van der Waals surface area contributed by atoms with Gasteiger partial charge in [-0.15, -0.1) is 0 Å². The molecule has 1 fully saturated rings. The summed E-state index contributed by atoms with van der Waals surface area (Å²) in [6.45, 7) is 11.3. The van der Waals surface area contributed by atoms with E-state index in [2.05, 4.69) is 9.97 Å². The summed E-state index contributed by atoms with van der Waals surface area (Å²) in [7, 11) is 0. The molecule has 0 aliphatic carbocycles. The van der Waals surface area contributed by atoms with Crippen molar-refractivity contribution in [2.45, 2.75) is 52.0 Å². The SMILES string of the molecule is Cc1nc(SCC(=O)N2C[C@@H](C)O[C@@H](C)C2)nc(C)c1C. The van der Waals surface area contributed by atoms with Crippen LogP contribution in [0.25, 0.3) is 0 Å². The number of carbonyl (C=O) groups excluding carboxylic acids is 1. The number of aryl methyl sites for hydroxylation is 2. The lowest BCUT2D eigenvalue weighted by Gasteiger charge is -2.35. The number of morpholine rings is 1. The summed E-state index contributed by atoms with van der Waals surface area (Å²) in [5, 5.41) is 0.679. The minimum absolute atomic E-state index is 0.0998. The highest BCUT2D eigenvalue weighted by molar-refractivity contribution is 7.99. The summed E-state index contributed by atoms with van der Waals surface area (Å²) >= 11 is 1.41. The molecule has 0 N–H and O–H groups in total. The van der Waals surface area contributed by atoms with E-state index in [0.717, 1.165) is 17.0 Å². The highest BCUT2D eigenvalue weighted by Crippen LogP contribution is 2.19. The standard InChI is InChI=1S/C15H23N3O2S/c1-9-6-18(7-10(2)20-9)14(19)8-21-15-16-12(4)11(3)13(5)17-15/h9-10H,6-8H2,1-5H3/t9-,10+. The van der Waals surface area contributed by atoms with Gasteiger partial charge in [0.2, 0.25) is 5.91 Å². The first kappa shape index (κ1) is 16.2. The number of carbonyl (C=O) groups is 1. The number of aromatic nitrogens is 2. The van der Waals surface area contributed by atoms with E-state index in [1.165, 1.54) is 11.8 Å². The van der Waals surface area contributed by atoms with E-state index in [9.17, 15) is 4.79 Å². The van der Waals surface area contributed by atoms with Gasteiger partial charge in [-0.05, 0) is 40.2 Å². The fourth-order valence-electron chi connectivity index (χ4n) is 2.41. The van der Waals surface area contributed by atoms with Gasteiger partial charge in [-0.25, -0.2) is 9.97 Å². The van der Waals surface area contributed by atoms with Gasteiger partial charge in [-0.1, -0.05) is 11.8 Å². The van der Waals surface area contributed by atoms with E-state index in [1.807, 2.05) is 39.5 Å². The zero-order valence-corrected chi connectivity index (χ0v) is 14.2. The van der Waals surface area contributed by atoms with Crippen LogP contribution in [0.4, 0.5) is 0 Å². The summed E-state index contributed by atoms with van der Waals surface area (Å²) in [5.41, 5.74) is 3.07. The fraction of sp³-hybridized carbons (Fsp3) is 0.667. The van der Waals surface area contributed by atoms with Gasteiger partial charge < -0.3 is 9.64 Å². The first-order chi connectivity index (χ1) is 9.86. The monoisotopic (exact) mass is 309 g/mol. The zero-order valence-electron chi connectivity index (χ0n) is 13.3. The van der Waals surface area contributed by atoms with Crippen molar-refractivity contribution in [3.05, 3.63) is 17.0 Å². The van der Waals surface area contributed by atoms with E-state index in [1.54, 1.807) is 0 Å². The third kappa shape index (κ3) is 4.17. The average molecular weight is 309 g/mol. The van der Waals surface area contributed by atoms with Crippen LogP contribution in [0.1, 0.15) is 30.8 Å². The second-order valence-corrected chi connectivity index (χ2v) is 6.59. The van der Waals surface area contributed by atoms with Gasteiger partial charge in [0, 0.05) is 24.5 Å². The van der Waals surface area contributed by atoms with Crippen molar-refractivity contribution < 1.29 is 9.53 Å². The van der Waals surface area contributed by atoms with Crippen molar-refractivity contribution in [3.63, 3.8) is 0 Å². The Labute approximate surface area is 130 Å². The maximum Gasteiger partial charge on any atom is 0.233 e. The smallest absolute Gasteiger partial charge is 0.233 e. The highest BCUT2D eigenvalue weighted by atomic mass is 32.2. The van der Waals surface area contributed by atoms with Crippen LogP contribution in [0.3, 0.4) is 0 Å². The van der Waals surface area contributed by atoms with Crippen LogP contribution in [-0.4, -0.2) is 51.8 Å². The molecule has 1 aliphatic heterocycles. The Hall–Kier alpha value is -1.14. The number of amides is 1. The van der Waals surface area contributed by atoms with Crippen LogP contribution in [-0.2, 0) is 9.53 Å². The number of hydrogen-bond acceptors (Lipinski definition) is 5. The Morgan fingerprint density at radius 2 is 1.71 bits per heavy atom. The van der Waals surface area contributed by atoms with Crippen molar-refractivity contribution in [2.24, 2.45) is 0 Å². The summed E-state index contributed by atoms with van der Waals surface area (Å²) in [6.07, 6.45) is 0.200. The molecule has 2 heterocycles. The molecule has 1 saturated heterocycles. The van der Waals surface area contributed by atoms with Crippen molar-refractivity contribution in [3.8, 4) is 0 Å². The minimum atomic E-state index is 0.0998. The van der Waals surface area contributed by atoms with Gasteiger partial charge in [0.1, 0.15) is 0 Å². The normalized spacial score (nSPS) is 22.4. The molecule has 0 spiro atoms. The summed E-state index contributed by atoms with van der Waals surface area (Å²) < 4.78 is 5.65. The summed E-state index contributed by atoms with van der Waals surface area (Å²) in [5.74, 6) is 0.503. The van der Waals surface area contributed by atoms with Gasteiger partial charge in [-0.2, -0.15) is 0 Å². The Bertz CT molecular complexity index is 503. The number of hydrogen-bond donors (Lipinski definition) is 0. The Kier molecular flexibility index (Phi) is 5.22. The predicted molar refractivity (Wildman–Crippen MR) is 83.6 cm³/mol. The van der Waals surface area contributed by atoms with E-state index in [-0.39, 0.29) is 18.1 Å². The molecule has 1 aliphatic rings. The second kappa shape index (κ2) is 6.75. The number of thioether (sulfide) groups is 1. The van der Waals surface area contributed by atoms with Crippen LogP contribution in [0, 0.1) is 20.8 Å². The molecule has 0 unspecified atom stereocenters. The number of nitrogens with zero attached hydrogens (tertiary/aromatic N) is 3. The molecule has 116 valence electrons. The topological polar surface area (TPSA) is 55.3 Å². The van der Waals surface area contributed by atoms with Crippen molar-refractivity contribution >= 4 is 17.7 Å². The van der Waals surface area contributed by atoms with E-state index < -0.39 is 0 Å². The lowest BCUT2D eigenvalue weighted by atomic mass is 10.2. The highest BCUT2D eigenvalue weighted by Gasteiger charge is 2.25. The molecule has 0 radical (unpaired) electrons. The molecule has 1 amide bonds. The quantitative estimate of drug-likeness (QED) is 0.632. The van der Waals surface area contributed by atoms with Crippen LogP contribution in [0.2, 0.25) is 0 Å². The lowest BCUT2D eigenvalue weighted by Crippen LogP contribution is -2.48. The van der Waals surface area contributed by atoms with E-state index >= 15 is 0 Å². The lowest BCUT2D eigenvalue weighted by molar-refractivity contribution is -0.140. The van der Waals surface area contributed by atoms with Crippen LogP contribution >= 0.6 is 11.8 Å². The molecule has 5 nitrogen and oxygen atoms in total. The van der Waals surface area contributed by atoms with Crippen molar-refractivity contribution in [2.75, 3.05) is 18.8 Å². The first-order valence-electron chi connectivity index (χ1n) is 7.24. The molecule has 21 heavy (non-hydrogen) atoms. The molecular weight excluding hydrogens is 286 g/mol. The Balaban J connectivity index is 1.95. The maximum absolute atomic E-state index is 12.3.